The van der Waals surface area contributed by atoms with Crippen LogP contribution in [0.15, 0.2) is 70.1 Å². The van der Waals surface area contributed by atoms with Gasteiger partial charge in [0.05, 0.1) is 28.0 Å². The van der Waals surface area contributed by atoms with Crippen molar-refractivity contribution < 1.29 is 81.9 Å². The molecular weight excluding hydrogens is 675 g/mol. The Morgan fingerprint density at radius 1 is 1.12 bits per heavy atom. The Morgan fingerprint density at radius 2 is 1.83 bits per heavy atom. The summed E-state index contributed by atoms with van der Waals surface area (Å²) in [4.78, 5) is 0.871. The molecule has 2 aliphatic heterocycles. The van der Waals surface area contributed by atoms with Crippen molar-refractivity contribution >= 4 is 88.5 Å². The van der Waals surface area contributed by atoms with E-state index >= 15 is 0 Å². The normalized spacial score (nSPS) is 21.9. The summed E-state index contributed by atoms with van der Waals surface area (Å²) in [5, 5.41) is 1.52. The Morgan fingerprint density at radius 3 is 2.49 bits per heavy atom. The van der Waals surface area contributed by atoms with Crippen LogP contribution < -0.4 is 60.4 Å². The van der Waals surface area contributed by atoms with Crippen LogP contribution in [0.5, 0.6) is 0 Å². The van der Waals surface area contributed by atoms with Gasteiger partial charge in [-0.25, -0.2) is 21.3 Å². The van der Waals surface area contributed by atoms with Crippen LogP contribution in [-0.2, 0) is 26.8 Å². The fourth-order valence-electron chi connectivity index (χ4n) is 5.04. The summed E-state index contributed by atoms with van der Waals surface area (Å²) in [6, 6.07) is 10.8. The molecule has 1 spiro atoms. The first-order valence-electron chi connectivity index (χ1n) is 12.2. The van der Waals surface area contributed by atoms with Crippen LogP contribution in [0.4, 0.5) is 5.69 Å². The summed E-state index contributed by atoms with van der Waals surface area (Å²) in [6.45, 7) is 2.72. The minimum Gasteiger partial charge on any atom is -0.748 e. The Kier molecular flexibility index (Phi) is 10.8. The maximum absolute atomic E-state index is 12.1. The number of rotatable bonds is 8. The second-order valence-corrected chi connectivity index (χ2v) is 15.7. The standard InChI is InChI=1S/C26H24Cl2N2O6S4.K/c1-17(3-9-24-29(12-2-14-39(31,32)33)20-15-18(27)5-7-22(20)37-24)4-10-25-30(13-11-26(30)40(34,35)36)21-16-19(28)6-8-23(21)38-25;/h3-10,15-16,26H,2,11-14H2,1H3;/q;+1. The number of aromatic nitrogens is 1. The van der Waals surface area contributed by atoms with Gasteiger partial charge in [-0.15, -0.1) is 0 Å². The molecule has 0 saturated carbocycles. The van der Waals surface area contributed by atoms with Crippen LogP contribution in [0.1, 0.15) is 24.8 Å². The van der Waals surface area contributed by atoms with E-state index in [1.165, 1.54) is 23.1 Å². The number of hydrogen-bond acceptors (Lipinski definition) is 8. The van der Waals surface area contributed by atoms with E-state index in [-0.39, 0.29) is 68.7 Å². The van der Waals surface area contributed by atoms with Crippen LogP contribution >= 0.6 is 46.3 Å². The van der Waals surface area contributed by atoms with E-state index in [2.05, 4.69) is 0 Å². The van der Waals surface area contributed by atoms with Crippen LogP contribution in [0.25, 0.3) is 16.3 Å². The van der Waals surface area contributed by atoms with Gasteiger partial charge in [0, 0.05) is 46.5 Å². The second kappa shape index (κ2) is 13.1. The van der Waals surface area contributed by atoms with E-state index in [4.69, 9.17) is 23.2 Å². The third-order valence-corrected chi connectivity index (χ3v) is 11.8. The number of nitrogens with zero attached hydrogens (tertiary/aromatic N) is 2. The zero-order valence-electron chi connectivity index (χ0n) is 22.1. The second-order valence-electron chi connectivity index (χ2n) is 9.61. The number of allylic oxidation sites excluding steroid dienone is 4. The van der Waals surface area contributed by atoms with Crippen LogP contribution in [0.3, 0.4) is 0 Å². The van der Waals surface area contributed by atoms with Gasteiger partial charge in [0.15, 0.2) is 32.8 Å². The van der Waals surface area contributed by atoms with Gasteiger partial charge < -0.3 is 9.11 Å². The fourth-order valence-corrected chi connectivity index (χ4v) is 9.47. The van der Waals surface area contributed by atoms with E-state index in [0.717, 1.165) is 36.4 Å². The summed E-state index contributed by atoms with van der Waals surface area (Å²) in [7, 11) is -8.87. The molecule has 0 amide bonds. The van der Waals surface area contributed by atoms with Crippen LogP contribution in [0.2, 0.25) is 10.0 Å². The third kappa shape index (κ3) is 7.25. The van der Waals surface area contributed by atoms with E-state index in [1.54, 1.807) is 24.3 Å². The minimum absolute atomic E-state index is 0. The molecule has 1 saturated heterocycles. The van der Waals surface area contributed by atoms with Gasteiger partial charge in [0.1, 0.15) is 4.70 Å². The van der Waals surface area contributed by atoms with Crippen molar-refractivity contribution in [1.29, 1.82) is 0 Å². The molecule has 0 radical (unpaired) electrons. The molecule has 3 aromatic rings. The van der Waals surface area contributed by atoms with Crippen LogP contribution in [-0.4, -0.2) is 43.6 Å². The van der Waals surface area contributed by atoms with E-state index in [0.29, 0.717) is 23.1 Å². The molecular formula is C26H24Cl2KN2O6S4+. The molecule has 5 rings (SSSR count). The molecule has 2 aliphatic rings. The molecule has 0 bridgehead atoms. The maximum Gasteiger partial charge on any atom is 1.00 e. The van der Waals surface area contributed by atoms with Gasteiger partial charge in [-0.2, -0.15) is 4.57 Å². The predicted molar refractivity (Wildman–Crippen MR) is 159 cm³/mol. The Balaban J connectivity index is 0.00000387. The van der Waals surface area contributed by atoms with Gasteiger partial charge >= 0.3 is 51.4 Å². The summed E-state index contributed by atoms with van der Waals surface area (Å²) in [6.07, 6.45) is 7.98. The van der Waals surface area contributed by atoms with Gasteiger partial charge in [-0.1, -0.05) is 52.3 Å². The average Bonchev–Trinajstić information content (AvgIpc) is 3.34. The Hall–Kier alpha value is -0.104. The number of hydrogen-bond donors (Lipinski definition) is 0. The molecule has 212 valence electrons. The zero-order valence-corrected chi connectivity index (χ0v) is 30.0. The molecule has 15 heteroatoms. The van der Waals surface area contributed by atoms with Crippen molar-refractivity contribution in [2.75, 3.05) is 12.3 Å². The smallest absolute Gasteiger partial charge is 0.748 e. The summed E-state index contributed by atoms with van der Waals surface area (Å²) >= 11 is 15.4. The minimum atomic E-state index is -4.55. The average molecular weight is 699 g/mol. The largest absolute Gasteiger partial charge is 1.00 e. The van der Waals surface area contributed by atoms with Crippen molar-refractivity contribution in [3.63, 3.8) is 0 Å². The van der Waals surface area contributed by atoms with E-state index in [9.17, 15) is 25.9 Å². The number of benzene rings is 2. The van der Waals surface area contributed by atoms with Gasteiger partial charge in [-0.05, 0) is 43.0 Å². The number of halogens is 2. The van der Waals surface area contributed by atoms with Crippen molar-refractivity contribution in [3.8, 4) is 0 Å². The van der Waals surface area contributed by atoms with Crippen molar-refractivity contribution in [1.82, 2.24) is 4.48 Å². The van der Waals surface area contributed by atoms with Gasteiger partial charge in [-0.3, -0.25) is 0 Å². The molecule has 0 aliphatic carbocycles. The monoisotopic (exact) mass is 697 g/mol. The number of quaternary nitrogens is 1. The first kappa shape index (κ1) is 33.8. The summed E-state index contributed by atoms with van der Waals surface area (Å²) in [5.74, 6) is -0.459. The molecule has 41 heavy (non-hydrogen) atoms. The molecule has 2 unspecified atom stereocenters. The van der Waals surface area contributed by atoms with Gasteiger partial charge in [0.25, 0.3) is 5.01 Å². The zero-order chi connectivity index (χ0) is 28.9. The number of thioether (sulfide) groups is 1. The van der Waals surface area contributed by atoms with Gasteiger partial charge in [0.2, 0.25) is 5.52 Å². The first-order valence-corrected chi connectivity index (χ1v) is 17.6. The molecule has 3 heterocycles. The molecule has 0 N–H and O–H groups in total. The number of fused-ring (bicyclic) bond motifs is 3. The maximum atomic E-state index is 12.1. The van der Waals surface area contributed by atoms with Crippen LogP contribution in [0, 0.1) is 0 Å². The van der Waals surface area contributed by atoms with Crippen molar-refractivity contribution in [3.05, 3.63) is 80.3 Å². The third-order valence-electron chi connectivity index (χ3n) is 6.96. The number of thiazole rings is 1. The first-order chi connectivity index (χ1) is 18.8. The van der Waals surface area contributed by atoms with E-state index < -0.39 is 31.4 Å². The molecule has 1 fully saturated rings. The summed E-state index contributed by atoms with van der Waals surface area (Å²) in [5.41, 5.74) is 2.44. The van der Waals surface area contributed by atoms with Crippen molar-refractivity contribution in [2.45, 2.75) is 36.6 Å². The predicted octanol–water partition coefficient (Wildman–Crippen LogP) is 2.62. The quantitative estimate of drug-likeness (QED) is 0.117. The molecule has 2 aromatic carbocycles. The van der Waals surface area contributed by atoms with E-state index in [1.807, 2.05) is 47.9 Å². The SMILES string of the molecule is CC(C=Cc1sc2ccc(Cl)cc2[n+]1CCCS(=O)(=O)[O-])=CC=C1Sc2ccc(Cl)cc2[N+]12CCC2S(=O)(=O)[O-].[K+]. The Bertz CT molecular complexity index is 1820. The molecule has 1 aromatic heterocycles. The number of aryl methyl sites for hydroxylation is 1. The topological polar surface area (TPSA) is 118 Å². The summed E-state index contributed by atoms with van der Waals surface area (Å²) < 4.78 is 72.7. The Labute approximate surface area is 300 Å². The fraction of sp³-hybridized carbons (Fsp3) is 0.269. The molecule has 2 atom stereocenters. The van der Waals surface area contributed by atoms with Crippen molar-refractivity contribution in [2.24, 2.45) is 0 Å². The molecule has 8 nitrogen and oxygen atoms in total.